The molecule has 10 rings (SSSR count). The molecule has 0 amide bonds. The molecule has 228 valence electrons. The van der Waals surface area contributed by atoms with E-state index in [1.54, 1.807) is 0 Å². The topological polar surface area (TPSA) is 13.1 Å². The monoisotopic (exact) mass is 633 g/mol. The molecule has 0 spiro atoms. The summed E-state index contributed by atoms with van der Waals surface area (Å²) in [5.41, 5.74) is 3.63. The summed E-state index contributed by atoms with van der Waals surface area (Å²) in [5, 5.41) is 5.37. The van der Waals surface area contributed by atoms with Crippen molar-refractivity contribution in [1.29, 1.82) is 0 Å². The summed E-state index contributed by atoms with van der Waals surface area (Å²) in [6.45, 7) is 0. The molecule has 0 radical (unpaired) electrons. The van der Waals surface area contributed by atoms with Gasteiger partial charge in [0.05, 0.1) is 15.1 Å². The number of hydrogen-bond donors (Lipinski definition) is 0. The minimum atomic E-state index is -0.651. The summed E-state index contributed by atoms with van der Waals surface area (Å²) in [7, 11) is 0. The second-order valence-electron chi connectivity index (χ2n) is 12.0. The minimum Gasteiger partial charge on any atom is -0.456 e. The van der Waals surface area contributed by atoms with E-state index in [1.807, 2.05) is 60.7 Å². The third-order valence-electron chi connectivity index (χ3n) is 9.34. The van der Waals surface area contributed by atoms with Crippen LogP contribution in [-0.2, 0) is 0 Å². The molecule has 0 aliphatic carbocycles. The normalized spacial score (nSPS) is 14.8. The number of furan rings is 1. The predicted octanol–water partition coefficient (Wildman–Crippen LogP) is 13.7. The Morgan fingerprint density at radius 1 is 0.347 bits per heavy atom. The molecule has 0 aliphatic heterocycles. The molecule has 49 heavy (non-hydrogen) atoms. The van der Waals surface area contributed by atoms with Crippen molar-refractivity contribution in [3.05, 3.63) is 182 Å². The SMILES string of the molecule is [2H]c1c([2H])c([2H])c(-c2c([2H])c([2H])c([2H])c3oc4c([2H])c([2H])c([2H])c(-c5c6ccccc6c(-c6ccc(-c7cccc8ccccc78)cc6)c6ccccc56)c4c23)c([2H])c1[2H]. The zero-order chi connectivity index (χ0) is 41.9. The molecule has 10 aromatic rings. The van der Waals surface area contributed by atoms with Crippen LogP contribution in [0.25, 0.3) is 98.8 Å². The highest BCUT2D eigenvalue weighted by Gasteiger charge is 2.21. The molecule has 0 atom stereocenters. The van der Waals surface area contributed by atoms with E-state index in [1.165, 1.54) is 0 Å². The first-order chi connectivity index (χ1) is 28.9. The third kappa shape index (κ3) is 4.33. The number of rotatable bonds is 4. The lowest BCUT2D eigenvalue weighted by Crippen LogP contribution is -1.91. The largest absolute Gasteiger partial charge is 0.456 e. The van der Waals surface area contributed by atoms with Gasteiger partial charge in [0.15, 0.2) is 0 Å². The Bertz CT molecular complexity index is 3410. The lowest BCUT2D eigenvalue weighted by atomic mass is 9.84. The Kier molecular flexibility index (Phi) is 4.25. The summed E-state index contributed by atoms with van der Waals surface area (Å²) in [6.07, 6.45) is 0. The Morgan fingerprint density at radius 2 is 0.878 bits per heavy atom. The van der Waals surface area contributed by atoms with Crippen LogP contribution in [0.15, 0.2) is 186 Å². The van der Waals surface area contributed by atoms with Crippen molar-refractivity contribution in [2.75, 3.05) is 0 Å². The van der Waals surface area contributed by atoms with E-state index >= 15 is 0 Å². The molecule has 0 saturated carbocycles. The van der Waals surface area contributed by atoms with Gasteiger partial charge in [-0.25, -0.2) is 0 Å². The van der Waals surface area contributed by atoms with Gasteiger partial charge < -0.3 is 4.42 Å². The van der Waals surface area contributed by atoms with Gasteiger partial charge in [-0.1, -0.05) is 170 Å². The Balaban J connectivity index is 1.33. The second kappa shape index (κ2) is 11.1. The number of hydrogen-bond acceptors (Lipinski definition) is 1. The molecule has 1 nitrogen and oxygen atoms in total. The van der Waals surface area contributed by atoms with Crippen molar-refractivity contribution in [3.8, 4) is 44.5 Å². The Hall–Kier alpha value is -6.44. The maximum Gasteiger partial charge on any atom is 0.136 e. The van der Waals surface area contributed by atoms with Crippen LogP contribution in [0, 0.1) is 0 Å². The molecular weight excluding hydrogens is 593 g/mol. The molecule has 0 N–H and O–H groups in total. The molecule has 0 aliphatic rings. The second-order valence-corrected chi connectivity index (χ2v) is 12.0. The fraction of sp³-hybridized carbons (Fsp3) is 0. The Morgan fingerprint density at radius 3 is 1.55 bits per heavy atom. The standard InChI is InChI=1S/C48H30O/c1-2-13-32(14-3-1)37-23-11-25-43-47(37)48-42(24-12-26-44(48)49-43)46-40-20-8-6-18-38(40)45(39-19-7-9-21-41(39)46)34-29-27-33(28-30-34)36-22-10-16-31-15-4-5-17-35(31)36/h1-30H/i1D,2D,3D,11D,12D,13D,14D,23D,24D,25D,26D. The lowest BCUT2D eigenvalue weighted by Gasteiger charge is -2.18. The zero-order valence-electron chi connectivity index (χ0n) is 36.9. The highest BCUT2D eigenvalue weighted by molar-refractivity contribution is 6.27. The Labute approximate surface area is 299 Å². The van der Waals surface area contributed by atoms with Crippen LogP contribution in [0.4, 0.5) is 0 Å². The summed E-state index contributed by atoms with van der Waals surface area (Å²) < 4.78 is 104. The van der Waals surface area contributed by atoms with Crippen molar-refractivity contribution in [2.45, 2.75) is 0 Å². The van der Waals surface area contributed by atoms with Crippen LogP contribution in [0.5, 0.6) is 0 Å². The van der Waals surface area contributed by atoms with Gasteiger partial charge in [0.2, 0.25) is 0 Å². The number of fused-ring (bicyclic) bond motifs is 6. The molecule has 0 saturated heterocycles. The third-order valence-corrected chi connectivity index (χ3v) is 9.34. The first kappa shape index (κ1) is 18.8. The molecule has 1 heteroatoms. The highest BCUT2D eigenvalue weighted by Crippen LogP contribution is 2.48. The van der Waals surface area contributed by atoms with E-state index in [0.717, 1.165) is 43.8 Å². The molecule has 0 fully saturated rings. The highest BCUT2D eigenvalue weighted by atomic mass is 16.3. The van der Waals surface area contributed by atoms with E-state index in [2.05, 4.69) is 54.6 Å². The van der Waals surface area contributed by atoms with E-state index in [0.29, 0.717) is 16.3 Å². The van der Waals surface area contributed by atoms with Gasteiger partial charge in [-0.2, -0.15) is 0 Å². The predicted molar refractivity (Wildman–Crippen MR) is 208 cm³/mol. The van der Waals surface area contributed by atoms with Crippen LogP contribution in [0.3, 0.4) is 0 Å². The van der Waals surface area contributed by atoms with E-state index in [9.17, 15) is 1.37 Å². The summed E-state index contributed by atoms with van der Waals surface area (Å²) in [4.78, 5) is 0. The molecule has 0 unspecified atom stereocenters. The van der Waals surface area contributed by atoms with Gasteiger partial charge in [-0.3, -0.25) is 0 Å². The fourth-order valence-electron chi connectivity index (χ4n) is 7.26. The maximum absolute atomic E-state index is 9.57. The van der Waals surface area contributed by atoms with Gasteiger partial charge in [-0.05, 0) is 88.9 Å². The summed E-state index contributed by atoms with van der Waals surface area (Å²) >= 11 is 0. The first-order valence-electron chi connectivity index (χ1n) is 21.5. The first-order valence-corrected chi connectivity index (χ1v) is 16.0. The molecule has 9 aromatic carbocycles. The van der Waals surface area contributed by atoms with Gasteiger partial charge >= 0.3 is 0 Å². The molecule has 1 heterocycles. The smallest absolute Gasteiger partial charge is 0.136 e. The average molecular weight is 634 g/mol. The van der Waals surface area contributed by atoms with Crippen molar-refractivity contribution in [2.24, 2.45) is 0 Å². The molecular formula is C48H30O. The van der Waals surface area contributed by atoms with Gasteiger partial charge in [-0.15, -0.1) is 0 Å². The summed E-state index contributed by atoms with van der Waals surface area (Å²) in [5.74, 6) is 0. The maximum atomic E-state index is 9.57. The quantitative estimate of drug-likeness (QED) is 0.176. The molecule has 0 bridgehead atoms. The van der Waals surface area contributed by atoms with Crippen LogP contribution < -0.4 is 0 Å². The summed E-state index contributed by atoms with van der Waals surface area (Å²) in [6, 6.07) is 32.2. The van der Waals surface area contributed by atoms with E-state index in [4.69, 9.17) is 18.1 Å². The van der Waals surface area contributed by atoms with Crippen molar-refractivity contribution >= 4 is 54.3 Å². The van der Waals surface area contributed by atoms with Crippen molar-refractivity contribution in [3.63, 3.8) is 0 Å². The van der Waals surface area contributed by atoms with Crippen LogP contribution in [0.2, 0.25) is 0 Å². The van der Waals surface area contributed by atoms with Gasteiger partial charge in [0.25, 0.3) is 0 Å². The molecule has 1 aromatic heterocycles. The van der Waals surface area contributed by atoms with Crippen LogP contribution >= 0.6 is 0 Å². The lowest BCUT2D eigenvalue weighted by molar-refractivity contribution is 0.669. The number of benzene rings is 9. The van der Waals surface area contributed by atoms with Crippen LogP contribution in [-0.4, -0.2) is 0 Å². The van der Waals surface area contributed by atoms with E-state index < -0.39 is 60.4 Å². The average Bonchev–Trinajstić information content (AvgIpc) is 3.67. The van der Waals surface area contributed by atoms with Crippen molar-refractivity contribution < 1.29 is 19.5 Å². The van der Waals surface area contributed by atoms with Crippen LogP contribution in [0.1, 0.15) is 15.1 Å². The minimum absolute atomic E-state index is 0.0483. The van der Waals surface area contributed by atoms with Gasteiger partial charge in [0, 0.05) is 10.8 Å². The van der Waals surface area contributed by atoms with E-state index in [-0.39, 0.29) is 44.7 Å². The van der Waals surface area contributed by atoms with Gasteiger partial charge in [0.1, 0.15) is 11.2 Å². The fourth-order valence-corrected chi connectivity index (χ4v) is 7.26. The zero-order valence-corrected chi connectivity index (χ0v) is 25.9. The van der Waals surface area contributed by atoms with Crippen molar-refractivity contribution in [1.82, 2.24) is 0 Å².